The number of hydrogen-bond acceptors (Lipinski definition) is 5. The molecule has 0 aromatic heterocycles. The zero-order chi connectivity index (χ0) is 19.6. The number of ether oxygens (including phenoxy) is 1. The van der Waals surface area contributed by atoms with Crippen LogP contribution in [-0.2, 0) is 14.3 Å². The number of amides is 2. The Morgan fingerprint density at radius 2 is 1.78 bits per heavy atom. The molecule has 0 saturated heterocycles. The van der Waals surface area contributed by atoms with Crippen LogP contribution in [0, 0.1) is 5.92 Å². The second-order valence-corrected chi connectivity index (χ2v) is 6.67. The summed E-state index contributed by atoms with van der Waals surface area (Å²) >= 11 is 0. The third-order valence-corrected chi connectivity index (χ3v) is 4.44. The first kappa shape index (κ1) is 20.6. The molecule has 0 aliphatic heterocycles. The largest absolute Gasteiger partial charge is 0.466 e. The van der Waals surface area contributed by atoms with Gasteiger partial charge < -0.3 is 10.1 Å². The molecule has 2 amide bonds. The molecular weight excluding hydrogens is 346 g/mol. The van der Waals surface area contributed by atoms with E-state index in [-0.39, 0.29) is 30.1 Å². The lowest BCUT2D eigenvalue weighted by molar-refractivity contribution is -0.141. The number of esters is 1. The van der Waals surface area contributed by atoms with Gasteiger partial charge in [-0.05, 0) is 51.0 Å². The Morgan fingerprint density at radius 1 is 1.11 bits per heavy atom. The smallest absolute Gasteiger partial charge is 0.311 e. The first-order chi connectivity index (χ1) is 13.0. The molecule has 2 rings (SSSR count). The van der Waals surface area contributed by atoms with Gasteiger partial charge in [0.15, 0.2) is 0 Å². The van der Waals surface area contributed by atoms with E-state index >= 15 is 0 Å². The molecule has 27 heavy (non-hydrogen) atoms. The Hall–Kier alpha value is -2.70. The molecule has 1 fully saturated rings. The summed E-state index contributed by atoms with van der Waals surface area (Å²) in [6, 6.07) is 6.65. The standard InChI is InChI=1S/C20H27N3O4/c1-3-27-18(24)13-14(2)22-23-20(26)16-9-11-17(12-10-16)21-19(25)15-7-5-4-6-8-15/h9-12,15H,3-8,13H2,1-2H3,(H,21,25)(H,23,26)/b22-14+. The number of hydrogen-bond donors (Lipinski definition) is 2. The first-order valence-electron chi connectivity index (χ1n) is 9.39. The molecule has 0 spiro atoms. The van der Waals surface area contributed by atoms with Crippen LogP contribution in [0.25, 0.3) is 0 Å². The van der Waals surface area contributed by atoms with Gasteiger partial charge in [0, 0.05) is 22.9 Å². The minimum atomic E-state index is -0.386. The lowest BCUT2D eigenvalue weighted by Crippen LogP contribution is -2.24. The van der Waals surface area contributed by atoms with Crippen LogP contribution < -0.4 is 10.7 Å². The molecule has 1 aliphatic rings. The van der Waals surface area contributed by atoms with E-state index in [1.54, 1.807) is 38.1 Å². The van der Waals surface area contributed by atoms with Gasteiger partial charge in [-0.15, -0.1) is 0 Å². The molecule has 1 aromatic carbocycles. The van der Waals surface area contributed by atoms with Crippen molar-refractivity contribution in [3.8, 4) is 0 Å². The van der Waals surface area contributed by atoms with E-state index in [9.17, 15) is 14.4 Å². The quantitative estimate of drug-likeness (QED) is 0.435. The molecule has 2 N–H and O–H groups in total. The van der Waals surface area contributed by atoms with E-state index < -0.39 is 0 Å². The predicted molar refractivity (Wildman–Crippen MR) is 103 cm³/mol. The Bertz CT molecular complexity index is 692. The monoisotopic (exact) mass is 373 g/mol. The molecule has 1 aliphatic carbocycles. The minimum Gasteiger partial charge on any atom is -0.466 e. The van der Waals surface area contributed by atoms with Crippen molar-refractivity contribution < 1.29 is 19.1 Å². The highest BCUT2D eigenvalue weighted by atomic mass is 16.5. The second-order valence-electron chi connectivity index (χ2n) is 6.67. The third-order valence-electron chi connectivity index (χ3n) is 4.44. The molecule has 0 heterocycles. The number of carbonyl (C=O) groups is 3. The summed E-state index contributed by atoms with van der Waals surface area (Å²) in [5, 5.41) is 6.81. The fraction of sp³-hybridized carbons (Fsp3) is 0.500. The van der Waals surface area contributed by atoms with Gasteiger partial charge in [0.05, 0.1) is 13.0 Å². The fourth-order valence-corrected chi connectivity index (χ4v) is 2.99. The van der Waals surface area contributed by atoms with Gasteiger partial charge in [-0.1, -0.05) is 19.3 Å². The molecule has 1 aromatic rings. The minimum absolute atomic E-state index is 0.0280. The van der Waals surface area contributed by atoms with Crippen LogP contribution in [0.1, 0.15) is 62.7 Å². The van der Waals surface area contributed by atoms with Crippen LogP contribution in [0.3, 0.4) is 0 Å². The van der Waals surface area contributed by atoms with E-state index in [0.717, 1.165) is 25.7 Å². The van der Waals surface area contributed by atoms with Crippen LogP contribution in [0.5, 0.6) is 0 Å². The number of carbonyl (C=O) groups excluding carboxylic acids is 3. The van der Waals surface area contributed by atoms with E-state index in [0.29, 0.717) is 23.6 Å². The van der Waals surface area contributed by atoms with Crippen molar-refractivity contribution in [2.45, 2.75) is 52.4 Å². The lowest BCUT2D eigenvalue weighted by Gasteiger charge is -2.20. The molecule has 0 radical (unpaired) electrons. The fourth-order valence-electron chi connectivity index (χ4n) is 2.99. The van der Waals surface area contributed by atoms with Gasteiger partial charge in [0.2, 0.25) is 5.91 Å². The van der Waals surface area contributed by atoms with Crippen molar-refractivity contribution in [1.29, 1.82) is 0 Å². The first-order valence-corrected chi connectivity index (χ1v) is 9.39. The Labute approximate surface area is 159 Å². The third kappa shape index (κ3) is 6.84. The highest BCUT2D eigenvalue weighted by Gasteiger charge is 2.21. The van der Waals surface area contributed by atoms with Crippen LogP contribution >= 0.6 is 0 Å². The molecule has 0 bridgehead atoms. The zero-order valence-electron chi connectivity index (χ0n) is 15.9. The molecule has 0 unspecified atom stereocenters. The molecule has 7 nitrogen and oxygen atoms in total. The summed E-state index contributed by atoms with van der Waals surface area (Å²) in [6.07, 6.45) is 5.32. The number of hydrazone groups is 1. The van der Waals surface area contributed by atoms with Gasteiger partial charge in [0.25, 0.3) is 5.91 Å². The number of anilines is 1. The summed E-state index contributed by atoms with van der Waals surface area (Å²) < 4.78 is 4.83. The summed E-state index contributed by atoms with van der Waals surface area (Å²) in [5.74, 6) is -0.640. The average Bonchev–Trinajstić information content (AvgIpc) is 2.67. The van der Waals surface area contributed by atoms with Crippen LogP contribution in [0.15, 0.2) is 29.4 Å². The van der Waals surface area contributed by atoms with Crippen LogP contribution in [0.2, 0.25) is 0 Å². The predicted octanol–water partition coefficient (Wildman–Crippen LogP) is 3.26. The van der Waals surface area contributed by atoms with E-state index in [1.807, 2.05) is 0 Å². The molecule has 7 heteroatoms. The lowest BCUT2D eigenvalue weighted by atomic mass is 9.88. The molecule has 1 saturated carbocycles. The van der Waals surface area contributed by atoms with E-state index in [4.69, 9.17) is 4.74 Å². The van der Waals surface area contributed by atoms with Gasteiger partial charge >= 0.3 is 5.97 Å². The second kappa shape index (κ2) is 10.4. The van der Waals surface area contributed by atoms with Gasteiger partial charge in [-0.2, -0.15) is 5.10 Å². The van der Waals surface area contributed by atoms with Crippen molar-refractivity contribution in [2.75, 3.05) is 11.9 Å². The average molecular weight is 373 g/mol. The maximum Gasteiger partial charge on any atom is 0.311 e. The molecule has 0 atom stereocenters. The van der Waals surface area contributed by atoms with Gasteiger partial charge in [-0.25, -0.2) is 5.43 Å². The summed E-state index contributed by atoms with van der Waals surface area (Å²) in [6.45, 7) is 3.68. The summed E-state index contributed by atoms with van der Waals surface area (Å²) in [4.78, 5) is 35.7. The Balaban J connectivity index is 1.85. The highest BCUT2D eigenvalue weighted by molar-refractivity contribution is 6.00. The van der Waals surface area contributed by atoms with Crippen LogP contribution in [-0.4, -0.2) is 30.1 Å². The van der Waals surface area contributed by atoms with Crippen molar-refractivity contribution >= 4 is 29.2 Å². The maximum atomic E-state index is 12.3. The summed E-state index contributed by atoms with van der Waals surface area (Å²) in [5.41, 5.74) is 3.95. The zero-order valence-corrected chi connectivity index (χ0v) is 15.9. The number of nitrogens with zero attached hydrogens (tertiary/aromatic N) is 1. The van der Waals surface area contributed by atoms with Crippen molar-refractivity contribution in [1.82, 2.24) is 5.43 Å². The highest BCUT2D eigenvalue weighted by Crippen LogP contribution is 2.25. The Kier molecular flexibility index (Phi) is 7.98. The van der Waals surface area contributed by atoms with E-state index in [2.05, 4.69) is 15.8 Å². The number of rotatable bonds is 7. The van der Waals surface area contributed by atoms with Crippen molar-refractivity contribution in [2.24, 2.45) is 11.0 Å². The van der Waals surface area contributed by atoms with Crippen LogP contribution in [0.4, 0.5) is 5.69 Å². The normalized spacial score (nSPS) is 15.1. The van der Waals surface area contributed by atoms with Gasteiger partial charge in [-0.3, -0.25) is 14.4 Å². The molecule has 146 valence electrons. The van der Waals surface area contributed by atoms with Crippen molar-refractivity contribution in [3.05, 3.63) is 29.8 Å². The molecular formula is C20H27N3O4. The SMILES string of the molecule is CCOC(=O)C/C(C)=N/NC(=O)c1ccc(NC(=O)C2CCCCC2)cc1. The Morgan fingerprint density at radius 3 is 2.41 bits per heavy atom. The topological polar surface area (TPSA) is 96.9 Å². The number of nitrogens with one attached hydrogen (secondary N) is 2. The van der Waals surface area contributed by atoms with Gasteiger partial charge in [0.1, 0.15) is 0 Å². The number of benzene rings is 1. The maximum absolute atomic E-state index is 12.3. The van der Waals surface area contributed by atoms with Crippen molar-refractivity contribution in [3.63, 3.8) is 0 Å². The van der Waals surface area contributed by atoms with E-state index in [1.165, 1.54) is 6.42 Å². The summed E-state index contributed by atoms with van der Waals surface area (Å²) in [7, 11) is 0.